The molecule has 2 unspecified atom stereocenters. The van der Waals surface area contributed by atoms with E-state index in [1.54, 1.807) is 0 Å². The summed E-state index contributed by atoms with van der Waals surface area (Å²) in [4.78, 5) is 34.5. The van der Waals surface area contributed by atoms with Gasteiger partial charge in [0.2, 0.25) is 5.91 Å². The molecule has 0 aromatic heterocycles. The van der Waals surface area contributed by atoms with E-state index in [9.17, 15) is 14.4 Å². The van der Waals surface area contributed by atoms with Crippen LogP contribution in [0.25, 0.3) is 0 Å². The maximum atomic E-state index is 12.6. The van der Waals surface area contributed by atoms with Gasteiger partial charge in [-0.25, -0.2) is 9.59 Å². The van der Waals surface area contributed by atoms with Crippen LogP contribution in [0.4, 0.5) is 5.69 Å². The van der Waals surface area contributed by atoms with Crippen molar-refractivity contribution in [1.82, 2.24) is 4.90 Å². The van der Waals surface area contributed by atoms with Crippen LogP contribution in [-0.4, -0.2) is 74.5 Å². The molecule has 0 aliphatic carbocycles. The molecule has 1 aromatic rings. The summed E-state index contributed by atoms with van der Waals surface area (Å²) in [6.45, 7) is 8.35. The zero-order valence-electron chi connectivity index (χ0n) is 17.7. The number of carboxylic acids is 2. The van der Waals surface area contributed by atoms with Crippen LogP contribution in [0.1, 0.15) is 43.7 Å². The van der Waals surface area contributed by atoms with Gasteiger partial charge in [-0.2, -0.15) is 0 Å². The summed E-state index contributed by atoms with van der Waals surface area (Å²) in [6, 6.07) is 6.17. The van der Waals surface area contributed by atoms with Gasteiger partial charge in [0.05, 0.1) is 6.04 Å². The smallest absolute Gasteiger partial charge is 0.335 e. The number of anilines is 1. The average Bonchev–Trinajstić information content (AvgIpc) is 2.70. The quantitative estimate of drug-likeness (QED) is 0.441. The van der Waals surface area contributed by atoms with Crippen LogP contribution in [-0.2, 0) is 14.4 Å². The third-order valence-corrected chi connectivity index (χ3v) is 4.96. The normalized spacial score (nSPS) is 18.5. The Balaban J connectivity index is 0.000000382. The fourth-order valence-corrected chi connectivity index (χ4v) is 3.33. The minimum atomic E-state index is -2.27. The molecule has 0 radical (unpaired) electrons. The van der Waals surface area contributed by atoms with Crippen LogP contribution < -0.4 is 5.32 Å². The van der Waals surface area contributed by atoms with Crippen LogP contribution in [0, 0.1) is 13.8 Å². The Bertz CT molecular complexity index is 698. The van der Waals surface area contributed by atoms with Crippen molar-refractivity contribution in [3.63, 3.8) is 0 Å². The van der Waals surface area contributed by atoms with Gasteiger partial charge in [-0.05, 0) is 57.3 Å². The number of aliphatic carboxylic acids is 2. The number of para-hydroxylation sites is 1. The van der Waals surface area contributed by atoms with E-state index >= 15 is 0 Å². The van der Waals surface area contributed by atoms with E-state index in [4.69, 9.17) is 20.4 Å². The van der Waals surface area contributed by atoms with Crippen molar-refractivity contribution in [2.45, 2.75) is 64.7 Å². The fraction of sp³-hybridized carbons (Fsp3) is 0.571. The number of aliphatic hydroxyl groups is 2. The molecule has 0 spiro atoms. The van der Waals surface area contributed by atoms with E-state index < -0.39 is 24.1 Å². The van der Waals surface area contributed by atoms with Crippen molar-refractivity contribution in [3.05, 3.63) is 29.3 Å². The lowest BCUT2D eigenvalue weighted by atomic mass is 10.0. The van der Waals surface area contributed by atoms with E-state index in [1.807, 2.05) is 32.0 Å². The molecule has 9 nitrogen and oxygen atoms in total. The molecule has 1 aromatic carbocycles. The molecule has 1 aliphatic rings. The van der Waals surface area contributed by atoms with Crippen molar-refractivity contribution < 1.29 is 34.8 Å². The SMILES string of the molecule is CCCN1CCCC[C@H]1C(=O)Nc1c(C)cccc1C.O=C(O)C(O)C(O)C(=O)O. The number of carbonyl (C=O) groups excluding carboxylic acids is 1. The van der Waals surface area contributed by atoms with E-state index in [0.717, 1.165) is 49.2 Å². The zero-order valence-corrected chi connectivity index (χ0v) is 17.7. The second-order valence-electron chi connectivity index (χ2n) is 7.37. The van der Waals surface area contributed by atoms with Gasteiger partial charge in [0, 0.05) is 5.69 Å². The van der Waals surface area contributed by atoms with Crippen LogP contribution in [0.5, 0.6) is 0 Å². The Morgan fingerprint density at radius 2 is 1.60 bits per heavy atom. The molecule has 9 heteroatoms. The summed E-state index contributed by atoms with van der Waals surface area (Å²) in [5.74, 6) is -3.37. The predicted octanol–water partition coefficient (Wildman–Crippen LogP) is 1.38. The third kappa shape index (κ3) is 7.40. The summed E-state index contributed by atoms with van der Waals surface area (Å²) in [7, 11) is 0. The van der Waals surface area contributed by atoms with Gasteiger partial charge in [0.1, 0.15) is 0 Å². The van der Waals surface area contributed by atoms with Crippen LogP contribution >= 0.6 is 0 Å². The number of carboxylic acid groups (broad SMARTS) is 2. The number of carbonyl (C=O) groups is 3. The number of hydrogen-bond acceptors (Lipinski definition) is 6. The molecule has 1 fully saturated rings. The number of nitrogens with one attached hydrogen (secondary N) is 1. The molecule has 30 heavy (non-hydrogen) atoms. The molecule has 1 aliphatic heterocycles. The van der Waals surface area contributed by atoms with Crippen molar-refractivity contribution in [1.29, 1.82) is 0 Å². The maximum Gasteiger partial charge on any atom is 0.335 e. The molecule has 2 rings (SSSR count). The monoisotopic (exact) mass is 424 g/mol. The molecule has 0 bridgehead atoms. The molecular formula is C21H32N2O7. The van der Waals surface area contributed by atoms with E-state index in [2.05, 4.69) is 17.1 Å². The Labute approximate surface area is 176 Å². The number of nitrogens with zero attached hydrogens (tertiary/aromatic N) is 1. The minimum Gasteiger partial charge on any atom is -0.479 e. The predicted molar refractivity (Wildman–Crippen MR) is 111 cm³/mol. The Morgan fingerprint density at radius 1 is 1.07 bits per heavy atom. The topological polar surface area (TPSA) is 147 Å². The highest BCUT2D eigenvalue weighted by molar-refractivity contribution is 5.96. The van der Waals surface area contributed by atoms with Crippen molar-refractivity contribution in [3.8, 4) is 0 Å². The van der Waals surface area contributed by atoms with Gasteiger partial charge in [-0.3, -0.25) is 9.69 Å². The number of amides is 1. The van der Waals surface area contributed by atoms with Gasteiger partial charge in [0.25, 0.3) is 0 Å². The molecule has 1 saturated heterocycles. The highest BCUT2D eigenvalue weighted by atomic mass is 16.4. The van der Waals surface area contributed by atoms with Crippen molar-refractivity contribution in [2.75, 3.05) is 18.4 Å². The first-order valence-electron chi connectivity index (χ1n) is 10.0. The summed E-state index contributed by atoms with van der Waals surface area (Å²) in [6.07, 6.45) is -0.0719. The number of piperidine rings is 1. The minimum absolute atomic E-state index is 0.0442. The second-order valence-corrected chi connectivity index (χ2v) is 7.37. The standard InChI is InChI=1S/C17H26N2O.C4H6O6/c1-4-11-19-12-6-5-10-15(19)17(20)18-16-13(2)8-7-9-14(16)3;5-1(3(7)8)2(6)4(9)10/h7-9,15H,4-6,10-12H2,1-3H3,(H,18,20);1-2,5-6H,(H,7,8)(H,9,10)/t15-;/m0./s1. The molecule has 3 atom stereocenters. The summed E-state index contributed by atoms with van der Waals surface area (Å²) >= 11 is 0. The number of benzene rings is 1. The molecule has 5 N–H and O–H groups in total. The molecule has 1 amide bonds. The largest absolute Gasteiger partial charge is 0.479 e. The first-order valence-corrected chi connectivity index (χ1v) is 10.0. The van der Waals surface area contributed by atoms with E-state index in [1.165, 1.54) is 6.42 Å². The number of aliphatic hydroxyl groups excluding tert-OH is 2. The molecular weight excluding hydrogens is 392 g/mol. The highest BCUT2D eigenvalue weighted by Gasteiger charge is 2.29. The van der Waals surface area contributed by atoms with Gasteiger partial charge in [0.15, 0.2) is 12.2 Å². The van der Waals surface area contributed by atoms with Gasteiger partial charge >= 0.3 is 11.9 Å². The van der Waals surface area contributed by atoms with Crippen LogP contribution in [0.3, 0.4) is 0 Å². The fourth-order valence-electron chi connectivity index (χ4n) is 3.33. The lowest BCUT2D eigenvalue weighted by Crippen LogP contribution is -2.47. The van der Waals surface area contributed by atoms with Gasteiger partial charge in [-0.1, -0.05) is 31.5 Å². The first-order chi connectivity index (χ1) is 14.1. The van der Waals surface area contributed by atoms with Crippen molar-refractivity contribution >= 4 is 23.5 Å². The Hall–Kier alpha value is -2.49. The average molecular weight is 424 g/mol. The highest BCUT2D eigenvalue weighted by Crippen LogP contribution is 2.23. The van der Waals surface area contributed by atoms with Gasteiger partial charge in [-0.15, -0.1) is 0 Å². The maximum absolute atomic E-state index is 12.6. The lowest BCUT2D eigenvalue weighted by Gasteiger charge is -2.34. The Kier molecular flexibility index (Phi) is 10.4. The second kappa shape index (κ2) is 12.3. The first kappa shape index (κ1) is 25.5. The lowest BCUT2D eigenvalue weighted by molar-refractivity contribution is -0.165. The van der Waals surface area contributed by atoms with Gasteiger partial charge < -0.3 is 25.7 Å². The summed E-state index contributed by atoms with van der Waals surface area (Å²) in [5.41, 5.74) is 3.26. The van der Waals surface area contributed by atoms with Crippen LogP contribution in [0.15, 0.2) is 18.2 Å². The number of rotatable bonds is 7. The Morgan fingerprint density at radius 3 is 2.07 bits per heavy atom. The number of aryl methyl sites for hydroxylation is 2. The summed E-state index contributed by atoms with van der Waals surface area (Å²) < 4.78 is 0. The zero-order chi connectivity index (χ0) is 22.8. The van der Waals surface area contributed by atoms with E-state index in [-0.39, 0.29) is 11.9 Å². The number of likely N-dealkylation sites (tertiary alicyclic amines) is 1. The molecule has 1 heterocycles. The molecule has 0 saturated carbocycles. The molecule has 168 valence electrons. The van der Waals surface area contributed by atoms with E-state index in [0.29, 0.717) is 0 Å². The van der Waals surface area contributed by atoms with Crippen molar-refractivity contribution in [2.24, 2.45) is 0 Å². The summed E-state index contributed by atoms with van der Waals surface area (Å²) in [5, 5.41) is 35.7. The third-order valence-electron chi connectivity index (χ3n) is 4.96. The van der Waals surface area contributed by atoms with Crippen LogP contribution in [0.2, 0.25) is 0 Å². The number of hydrogen-bond donors (Lipinski definition) is 5.